The van der Waals surface area contributed by atoms with Gasteiger partial charge < -0.3 is 10.2 Å². The molecule has 0 spiro atoms. The molecule has 1 atom stereocenters. The minimum atomic E-state index is -3.82. The van der Waals surface area contributed by atoms with E-state index in [0.717, 1.165) is 10.0 Å². The van der Waals surface area contributed by atoms with E-state index in [2.05, 4.69) is 5.32 Å². The summed E-state index contributed by atoms with van der Waals surface area (Å²) in [5.41, 5.74) is 1.24. The van der Waals surface area contributed by atoms with Gasteiger partial charge in [0, 0.05) is 19.2 Å². The fourth-order valence-electron chi connectivity index (χ4n) is 2.57. The number of carbonyl (C=O) groups excluding carboxylic acids is 1. The molecule has 1 amide bonds. The zero-order valence-electron chi connectivity index (χ0n) is 15.9. The molecule has 0 unspecified atom stereocenters. The quantitative estimate of drug-likeness (QED) is 0.696. The molecule has 0 saturated carbocycles. The van der Waals surface area contributed by atoms with Crippen molar-refractivity contribution in [1.29, 1.82) is 0 Å². The lowest BCUT2D eigenvalue weighted by Crippen LogP contribution is -2.35. The van der Waals surface area contributed by atoms with Gasteiger partial charge in [-0.25, -0.2) is 8.42 Å². The summed E-state index contributed by atoms with van der Waals surface area (Å²) in [6.07, 6.45) is 0. The lowest BCUT2D eigenvalue weighted by Gasteiger charge is -2.23. The summed E-state index contributed by atoms with van der Waals surface area (Å²) >= 11 is 0. The Labute approximate surface area is 160 Å². The van der Waals surface area contributed by atoms with Crippen LogP contribution in [0, 0.1) is 0 Å². The second kappa shape index (κ2) is 9.09. The molecule has 1 N–H and O–H groups in total. The number of sulfonamides is 1. The first-order valence-corrected chi connectivity index (χ1v) is 9.83. The Kier molecular flexibility index (Phi) is 7.09. The maximum Gasteiger partial charge on any atom is 0.264 e. The highest BCUT2D eigenvalue weighted by Crippen LogP contribution is 2.18. The molecule has 27 heavy (non-hydrogen) atoms. The molecule has 146 valence electrons. The molecule has 2 aromatic carbocycles. The van der Waals surface area contributed by atoms with Crippen LogP contribution in [0.3, 0.4) is 0 Å². The van der Waals surface area contributed by atoms with Crippen LogP contribution in [-0.2, 0) is 14.9 Å². The molecule has 0 fully saturated rings. The molecule has 2 aromatic rings. The lowest BCUT2D eigenvalue weighted by molar-refractivity contribution is -0.0258. The van der Waals surface area contributed by atoms with Crippen LogP contribution in [0.4, 0.5) is 0 Å². The molecule has 8 heteroatoms. The van der Waals surface area contributed by atoms with Crippen LogP contribution in [0.2, 0.25) is 0 Å². The van der Waals surface area contributed by atoms with E-state index in [1.54, 1.807) is 6.07 Å². The van der Waals surface area contributed by atoms with Crippen molar-refractivity contribution in [3.8, 4) is 0 Å². The minimum absolute atomic E-state index is 0.0108. The van der Waals surface area contributed by atoms with Crippen molar-refractivity contribution in [2.24, 2.45) is 0 Å². The summed E-state index contributed by atoms with van der Waals surface area (Å²) in [4.78, 5) is 19.5. The van der Waals surface area contributed by atoms with E-state index in [-0.39, 0.29) is 22.4 Å². The Hall–Kier alpha value is -2.26. The molecule has 0 heterocycles. The third kappa shape index (κ3) is 5.36. The number of nitrogens with one attached hydrogen (secondary N) is 1. The predicted octanol–water partition coefficient (Wildman–Crippen LogP) is 1.90. The maximum atomic E-state index is 12.8. The van der Waals surface area contributed by atoms with Crippen LogP contribution >= 0.6 is 0 Å². The van der Waals surface area contributed by atoms with Gasteiger partial charge >= 0.3 is 0 Å². The number of carbonyl (C=O) groups is 1. The zero-order valence-corrected chi connectivity index (χ0v) is 16.7. The van der Waals surface area contributed by atoms with Gasteiger partial charge in [0.25, 0.3) is 15.9 Å². The van der Waals surface area contributed by atoms with E-state index < -0.39 is 10.0 Å². The van der Waals surface area contributed by atoms with Gasteiger partial charge in [0.05, 0.1) is 18.0 Å². The van der Waals surface area contributed by atoms with E-state index in [4.69, 9.17) is 4.84 Å². The van der Waals surface area contributed by atoms with Gasteiger partial charge in [-0.15, -0.1) is 0 Å². The minimum Gasteiger partial charge on any atom is -0.344 e. The summed E-state index contributed by atoms with van der Waals surface area (Å²) in [5, 5.41) is 2.98. The van der Waals surface area contributed by atoms with Gasteiger partial charge in [-0.3, -0.25) is 9.63 Å². The highest BCUT2D eigenvalue weighted by atomic mass is 32.2. The molecule has 7 nitrogen and oxygen atoms in total. The highest BCUT2D eigenvalue weighted by molar-refractivity contribution is 7.89. The van der Waals surface area contributed by atoms with Crippen molar-refractivity contribution < 1.29 is 18.0 Å². The van der Waals surface area contributed by atoms with Gasteiger partial charge in [0.15, 0.2) is 0 Å². The molecule has 0 bridgehead atoms. The van der Waals surface area contributed by atoms with E-state index >= 15 is 0 Å². The number of hydrogen-bond donors (Lipinski definition) is 1. The Morgan fingerprint density at radius 2 is 1.74 bits per heavy atom. The van der Waals surface area contributed by atoms with E-state index in [1.807, 2.05) is 49.3 Å². The third-order valence-electron chi connectivity index (χ3n) is 4.04. The average molecular weight is 391 g/mol. The number of rotatable bonds is 8. The van der Waals surface area contributed by atoms with E-state index in [1.165, 1.54) is 32.4 Å². The zero-order chi connectivity index (χ0) is 20.0. The van der Waals surface area contributed by atoms with Gasteiger partial charge in [-0.2, -0.15) is 0 Å². The number of likely N-dealkylation sites (N-methyl/N-ethyl adjacent to an activating group) is 1. The van der Waals surface area contributed by atoms with Gasteiger partial charge in [-0.1, -0.05) is 40.9 Å². The molecule has 0 aromatic heterocycles. The number of hydroxylamine groups is 1. The van der Waals surface area contributed by atoms with E-state index in [0.29, 0.717) is 6.54 Å². The molecule has 0 aliphatic heterocycles. The van der Waals surface area contributed by atoms with Crippen LogP contribution in [0.25, 0.3) is 0 Å². The summed E-state index contributed by atoms with van der Waals surface area (Å²) in [6.45, 7) is 0.611. The van der Waals surface area contributed by atoms with Crippen LogP contribution in [0.1, 0.15) is 22.0 Å². The molecule has 0 aliphatic carbocycles. The van der Waals surface area contributed by atoms with Crippen LogP contribution in [-0.4, -0.2) is 58.5 Å². The molecular weight excluding hydrogens is 366 g/mol. The van der Waals surface area contributed by atoms with Crippen molar-refractivity contribution >= 4 is 15.9 Å². The topological polar surface area (TPSA) is 78.9 Å². The fourth-order valence-corrected chi connectivity index (χ4v) is 3.59. The van der Waals surface area contributed by atoms with Crippen molar-refractivity contribution in [2.45, 2.75) is 10.9 Å². The maximum absolute atomic E-state index is 12.8. The Morgan fingerprint density at radius 1 is 1.07 bits per heavy atom. The second-order valence-corrected chi connectivity index (χ2v) is 8.26. The fraction of sp³-hybridized carbons (Fsp3) is 0.316. The Balaban J connectivity index is 2.27. The van der Waals surface area contributed by atoms with Gasteiger partial charge in [-0.05, 0) is 37.9 Å². The summed E-state index contributed by atoms with van der Waals surface area (Å²) < 4.78 is 25.5. The predicted molar refractivity (Wildman–Crippen MR) is 104 cm³/mol. The first-order chi connectivity index (χ1) is 12.8. The smallest absolute Gasteiger partial charge is 0.264 e. The highest BCUT2D eigenvalue weighted by Gasteiger charge is 2.23. The SMILES string of the molecule is CON(C)S(=O)(=O)c1cccc(C(=O)N[C@@H](CN(C)C)c2ccccc2)c1. The third-order valence-corrected chi connectivity index (χ3v) is 5.72. The molecule has 0 saturated heterocycles. The summed E-state index contributed by atoms with van der Waals surface area (Å²) in [5.74, 6) is -0.345. The Morgan fingerprint density at radius 3 is 2.33 bits per heavy atom. The summed E-state index contributed by atoms with van der Waals surface area (Å²) in [6, 6.07) is 15.3. The van der Waals surface area contributed by atoms with Crippen LogP contribution < -0.4 is 5.32 Å². The number of hydrogen-bond acceptors (Lipinski definition) is 5. The first-order valence-electron chi connectivity index (χ1n) is 8.39. The number of benzene rings is 2. The largest absolute Gasteiger partial charge is 0.344 e. The van der Waals surface area contributed by atoms with Crippen molar-refractivity contribution in [1.82, 2.24) is 14.7 Å². The first kappa shape index (κ1) is 21.0. The summed E-state index contributed by atoms with van der Waals surface area (Å²) in [7, 11) is 2.59. The van der Waals surface area contributed by atoms with Gasteiger partial charge in [0.2, 0.25) is 0 Å². The van der Waals surface area contributed by atoms with Crippen molar-refractivity contribution in [2.75, 3.05) is 34.8 Å². The normalized spacial score (nSPS) is 13.0. The number of nitrogens with zero attached hydrogens (tertiary/aromatic N) is 2. The van der Waals surface area contributed by atoms with Crippen molar-refractivity contribution in [3.63, 3.8) is 0 Å². The molecule has 2 rings (SSSR count). The average Bonchev–Trinajstić information content (AvgIpc) is 2.67. The molecular formula is C19H25N3O4S. The number of amides is 1. The van der Waals surface area contributed by atoms with Crippen molar-refractivity contribution in [3.05, 3.63) is 65.7 Å². The Bertz CT molecular complexity index is 870. The molecule has 0 radical (unpaired) electrons. The van der Waals surface area contributed by atoms with Gasteiger partial charge in [0.1, 0.15) is 0 Å². The second-order valence-electron chi connectivity index (χ2n) is 6.32. The van der Waals surface area contributed by atoms with E-state index in [9.17, 15) is 13.2 Å². The van der Waals surface area contributed by atoms with Crippen LogP contribution in [0.15, 0.2) is 59.5 Å². The standard InChI is InChI=1S/C19H25N3O4S/c1-21(2)14-18(15-9-6-5-7-10-15)20-19(23)16-11-8-12-17(13-16)27(24,25)22(3)26-4/h5-13,18H,14H2,1-4H3,(H,20,23)/t18-/m0/s1. The monoisotopic (exact) mass is 391 g/mol. The molecule has 0 aliphatic rings. The van der Waals surface area contributed by atoms with Crippen LogP contribution in [0.5, 0.6) is 0 Å². The lowest BCUT2D eigenvalue weighted by atomic mass is 10.1.